The van der Waals surface area contributed by atoms with Crippen LogP contribution in [0.5, 0.6) is 0 Å². The highest BCUT2D eigenvalue weighted by Gasteiger charge is 2.28. The summed E-state index contributed by atoms with van der Waals surface area (Å²) in [5.41, 5.74) is 2.46. The number of fused-ring (bicyclic) bond motifs is 1. The van der Waals surface area contributed by atoms with Crippen molar-refractivity contribution in [1.82, 2.24) is 10.3 Å². The minimum atomic E-state index is 0.106. The molecule has 1 aliphatic rings. The van der Waals surface area contributed by atoms with E-state index in [0.717, 1.165) is 17.3 Å². The van der Waals surface area contributed by atoms with E-state index in [-0.39, 0.29) is 11.9 Å². The monoisotopic (exact) mass is 296 g/mol. The van der Waals surface area contributed by atoms with Crippen LogP contribution in [0.25, 0.3) is 0 Å². The van der Waals surface area contributed by atoms with Gasteiger partial charge in [0.15, 0.2) is 0 Å². The normalized spacial score (nSPS) is 23.0. The van der Waals surface area contributed by atoms with Gasteiger partial charge in [-0.15, -0.1) is 0 Å². The maximum Gasteiger partial charge on any atom is 0.220 e. The predicted octanol–water partition coefficient (Wildman–Crippen LogP) is 2.99. The molecule has 2 atom stereocenters. The van der Waals surface area contributed by atoms with Gasteiger partial charge in [0.1, 0.15) is 0 Å². The third kappa shape index (κ3) is 2.51. The molecule has 0 spiro atoms. The highest BCUT2D eigenvalue weighted by molar-refractivity contribution is 9.10. The molecule has 1 aromatic heterocycles. The molecule has 3 nitrogen and oxygen atoms in total. The van der Waals surface area contributed by atoms with Gasteiger partial charge in [-0.1, -0.05) is 13.8 Å². The molecule has 0 fully saturated rings. The Morgan fingerprint density at radius 2 is 2.35 bits per heavy atom. The van der Waals surface area contributed by atoms with E-state index < -0.39 is 0 Å². The number of hydrogen-bond acceptors (Lipinski definition) is 2. The Balaban J connectivity index is 2.33. The van der Waals surface area contributed by atoms with Crippen molar-refractivity contribution in [2.75, 3.05) is 0 Å². The lowest BCUT2D eigenvalue weighted by Gasteiger charge is -2.32. The molecule has 0 aromatic carbocycles. The van der Waals surface area contributed by atoms with Gasteiger partial charge < -0.3 is 5.32 Å². The number of pyridine rings is 1. The van der Waals surface area contributed by atoms with E-state index >= 15 is 0 Å². The molecule has 0 saturated carbocycles. The molecule has 0 unspecified atom stereocenters. The number of amides is 1. The zero-order valence-corrected chi connectivity index (χ0v) is 11.8. The summed E-state index contributed by atoms with van der Waals surface area (Å²) in [6.07, 6.45) is 6.40. The number of carbonyl (C=O) groups excluding carboxylic acids is 1. The molecule has 0 saturated heterocycles. The van der Waals surface area contributed by atoms with Crippen LogP contribution in [0.1, 0.15) is 43.9 Å². The first kappa shape index (κ1) is 12.6. The zero-order valence-electron chi connectivity index (χ0n) is 10.2. The molecular weight excluding hydrogens is 280 g/mol. The molecule has 0 bridgehead atoms. The van der Waals surface area contributed by atoms with Gasteiger partial charge in [-0.25, -0.2) is 0 Å². The van der Waals surface area contributed by atoms with Crippen molar-refractivity contribution in [3.05, 3.63) is 28.0 Å². The van der Waals surface area contributed by atoms with Gasteiger partial charge in [-0.05, 0) is 45.8 Å². The van der Waals surface area contributed by atoms with Crippen molar-refractivity contribution >= 4 is 21.8 Å². The number of halogens is 1. The fourth-order valence-corrected chi connectivity index (χ4v) is 2.89. The average molecular weight is 297 g/mol. The van der Waals surface area contributed by atoms with Crippen molar-refractivity contribution in [3.63, 3.8) is 0 Å². The predicted molar refractivity (Wildman–Crippen MR) is 70.6 cm³/mol. The molecule has 2 rings (SSSR count). The molecule has 1 N–H and O–H groups in total. The topological polar surface area (TPSA) is 42.0 Å². The summed E-state index contributed by atoms with van der Waals surface area (Å²) in [6, 6.07) is 0.108. The van der Waals surface area contributed by atoms with Gasteiger partial charge >= 0.3 is 0 Å². The van der Waals surface area contributed by atoms with Gasteiger partial charge in [0, 0.05) is 23.3 Å². The van der Waals surface area contributed by atoms with Crippen molar-refractivity contribution < 1.29 is 4.79 Å². The van der Waals surface area contributed by atoms with E-state index in [1.165, 1.54) is 11.1 Å². The van der Waals surface area contributed by atoms with E-state index in [0.29, 0.717) is 12.3 Å². The average Bonchev–Trinajstić information content (AvgIpc) is 2.33. The lowest BCUT2D eigenvalue weighted by molar-refractivity contribution is -0.121. The summed E-state index contributed by atoms with van der Waals surface area (Å²) in [5.74, 6) is 0.573. The Hall–Kier alpha value is -0.900. The van der Waals surface area contributed by atoms with Crippen molar-refractivity contribution in [3.8, 4) is 0 Å². The maximum absolute atomic E-state index is 11.6. The second-order valence-electron chi connectivity index (χ2n) is 4.60. The van der Waals surface area contributed by atoms with Gasteiger partial charge in [0.25, 0.3) is 0 Å². The van der Waals surface area contributed by atoms with Crippen LogP contribution in [-0.4, -0.2) is 10.9 Å². The van der Waals surface area contributed by atoms with Crippen molar-refractivity contribution in [1.29, 1.82) is 0 Å². The number of rotatable bonds is 2. The first-order chi connectivity index (χ1) is 8.13. The molecule has 1 heterocycles. The molecule has 1 aliphatic carbocycles. The van der Waals surface area contributed by atoms with Crippen LogP contribution >= 0.6 is 15.9 Å². The van der Waals surface area contributed by atoms with E-state index in [1.807, 2.05) is 19.3 Å². The highest BCUT2D eigenvalue weighted by atomic mass is 79.9. The minimum Gasteiger partial charge on any atom is -0.349 e. The van der Waals surface area contributed by atoms with Crippen LogP contribution in [0, 0.1) is 5.92 Å². The Morgan fingerprint density at radius 3 is 3.06 bits per heavy atom. The SMILES string of the molecule is CCC(=O)N[C@@H]1c2cncc(Br)c2CC[C@@H]1C. The zero-order chi connectivity index (χ0) is 12.4. The largest absolute Gasteiger partial charge is 0.349 e. The first-order valence-corrected chi connectivity index (χ1v) is 6.84. The second kappa shape index (κ2) is 5.17. The van der Waals surface area contributed by atoms with E-state index in [1.54, 1.807) is 0 Å². The fraction of sp³-hybridized carbons (Fsp3) is 0.538. The summed E-state index contributed by atoms with van der Waals surface area (Å²) in [5, 5.41) is 3.10. The number of nitrogens with zero attached hydrogens (tertiary/aromatic N) is 1. The lowest BCUT2D eigenvalue weighted by Crippen LogP contribution is -2.35. The standard InChI is InChI=1S/C13H17BrN2O/c1-3-12(17)16-13-8(2)4-5-9-10(13)6-15-7-11(9)14/h6-8,13H,3-5H2,1-2H3,(H,16,17)/t8-,13-/m0/s1. The molecule has 1 aromatic rings. The summed E-state index contributed by atoms with van der Waals surface area (Å²) in [4.78, 5) is 15.8. The van der Waals surface area contributed by atoms with Crippen LogP contribution in [0.15, 0.2) is 16.9 Å². The van der Waals surface area contributed by atoms with Crippen molar-refractivity contribution in [2.24, 2.45) is 5.92 Å². The van der Waals surface area contributed by atoms with Gasteiger partial charge in [-0.2, -0.15) is 0 Å². The number of carbonyl (C=O) groups is 1. The molecule has 0 radical (unpaired) electrons. The molecule has 0 aliphatic heterocycles. The lowest BCUT2D eigenvalue weighted by atomic mass is 9.81. The Labute approximate surface area is 110 Å². The summed E-state index contributed by atoms with van der Waals surface area (Å²) in [6.45, 7) is 4.06. The second-order valence-corrected chi connectivity index (χ2v) is 5.46. The molecule has 4 heteroatoms. The quantitative estimate of drug-likeness (QED) is 0.912. The third-order valence-electron chi connectivity index (χ3n) is 3.43. The number of aromatic nitrogens is 1. The summed E-state index contributed by atoms with van der Waals surface area (Å²) in [7, 11) is 0. The molecule has 92 valence electrons. The molecule has 17 heavy (non-hydrogen) atoms. The van der Waals surface area contributed by atoms with Crippen LogP contribution < -0.4 is 5.32 Å². The molecular formula is C13H17BrN2O. The van der Waals surface area contributed by atoms with Gasteiger partial charge in [-0.3, -0.25) is 9.78 Å². The van der Waals surface area contributed by atoms with Gasteiger partial charge in [0.05, 0.1) is 6.04 Å². The summed E-state index contributed by atoms with van der Waals surface area (Å²) < 4.78 is 1.05. The van der Waals surface area contributed by atoms with E-state index in [4.69, 9.17) is 0 Å². The Kier molecular flexibility index (Phi) is 3.82. The van der Waals surface area contributed by atoms with Crippen LogP contribution in [0.3, 0.4) is 0 Å². The maximum atomic E-state index is 11.6. The van der Waals surface area contributed by atoms with Crippen LogP contribution in [0.4, 0.5) is 0 Å². The fourth-order valence-electron chi connectivity index (χ4n) is 2.35. The minimum absolute atomic E-state index is 0.106. The van der Waals surface area contributed by atoms with Crippen molar-refractivity contribution in [2.45, 2.75) is 39.2 Å². The number of nitrogens with one attached hydrogen (secondary N) is 1. The Bertz CT molecular complexity index is 433. The summed E-state index contributed by atoms with van der Waals surface area (Å²) >= 11 is 3.54. The molecule has 1 amide bonds. The van der Waals surface area contributed by atoms with E-state index in [2.05, 4.69) is 33.2 Å². The first-order valence-electron chi connectivity index (χ1n) is 6.05. The van der Waals surface area contributed by atoms with E-state index in [9.17, 15) is 4.79 Å². The van der Waals surface area contributed by atoms with Gasteiger partial charge in [0.2, 0.25) is 5.91 Å². The number of hydrogen-bond donors (Lipinski definition) is 1. The smallest absolute Gasteiger partial charge is 0.220 e. The van der Waals surface area contributed by atoms with Crippen LogP contribution in [0.2, 0.25) is 0 Å². The third-order valence-corrected chi connectivity index (χ3v) is 4.11. The van der Waals surface area contributed by atoms with Crippen LogP contribution in [-0.2, 0) is 11.2 Å². The highest BCUT2D eigenvalue weighted by Crippen LogP contribution is 2.36. The Morgan fingerprint density at radius 1 is 1.59 bits per heavy atom.